The normalized spacial score (nSPS) is 15.2. The van der Waals surface area contributed by atoms with Crippen LogP contribution in [0.4, 0.5) is 0 Å². The first-order valence-electron chi connectivity index (χ1n) is 7.79. The van der Waals surface area contributed by atoms with Crippen molar-refractivity contribution in [2.45, 2.75) is 6.92 Å². The van der Waals surface area contributed by atoms with Crippen molar-refractivity contribution in [1.82, 2.24) is 15.6 Å². The van der Waals surface area contributed by atoms with E-state index in [-0.39, 0.29) is 5.97 Å². The van der Waals surface area contributed by atoms with E-state index in [9.17, 15) is 4.79 Å². The van der Waals surface area contributed by atoms with Gasteiger partial charge in [-0.1, -0.05) is 0 Å². The summed E-state index contributed by atoms with van der Waals surface area (Å²) in [7, 11) is 0. The van der Waals surface area contributed by atoms with Crippen molar-refractivity contribution in [2.75, 3.05) is 39.4 Å². The highest BCUT2D eigenvalue weighted by molar-refractivity contribution is 7.80. The second-order valence-corrected chi connectivity index (χ2v) is 5.65. The smallest absolute Gasteiger partial charge is 0.308 e. The summed E-state index contributed by atoms with van der Waals surface area (Å²) < 4.78 is 10.3. The van der Waals surface area contributed by atoms with Crippen LogP contribution in [0.15, 0.2) is 29.4 Å². The van der Waals surface area contributed by atoms with E-state index >= 15 is 0 Å². The molecule has 1 aromatic carbocycles. The van der Waals surface area contributed by atoms with Crippen LogP contribution in [0, 0.1) is 0 Å². The summed E-state index contributed by atoms with van der Waals surface area (Å²) in [6.45, 7) is 6.57. The number of nitrogens with zero attached hydrogens (tertiary/aromatic N) is 2. The second kappa shape index (κ2) is 9.96. The molecule has 0 unspecified atom stereocenters. The molecule has 0 spiro atoms. The molecular formula is C16H22N4O3S. The van der Waals surface area contributed by atoms with E-state index < -0.39 is 0 Å². The van der Waals surface area contributed by atoms with Crippen LogP contribution < -0.4 is 15.5 Å². The lowest BCUT2D eigenvalue weighted by Gasteiger charge is -2.26. The average molecular weight is 350 g/mol. The number of benzene rings is 1. The summed E-state index contributed by atoms with van der Waals surface area (Å²) >= 11 is 5.17. The van der Waals surface area contributed by atoms with E-state index in [1.165, 1.54) is 6.92 Å². The summed E-state index contributed by atoms with van der Waals surface area (Å²) in [6, 6.07) is 7.03. The van der Waals surface area contributed by atoms with Crippen LogP contribution in [0.25, 0.3) is 0 Å². The van der Waals surface area contributed by atoms with Crippen molar-refractivity contribution in [1.29, 1.82) is 0 Å². The number of ether oxygens (including phenoxy) is 2. The predicted octanol–water partition coefficient (Wildman–Crippen LogP) is 0.742. The lowest BCUT2D eigenvalue weighted by Crippen LogP contribution is -2.42. The van der Waals surface area contributed by atoms with Crippen molar-refractivity contribution < 1.29 is 14.3 Å². The topological polar surface area (TPSA) is 75.2 Å². The average Bonchev–Trinajstić information content (AvgIpc) is 2.57. The molecule has 130 valence electrons. The van der Waals surface area contributed by atoms with Gasteiger partial charge in [0.25, 0.3) is 0 Å². The minimum absolute atomic E-state index is 0.341. The minimum Gasteiger partial charge on any atom is -0.427 e. The maximum Gasteiger partial charge on any atom is 0.308 e. The monoisotopic (exact) mass is 350 g/mol. The molecule has 1 aromatic rings. The third-order valence-corrected chi connectivity index (χ3v) is 3.57. The fourth-order valence-electron chi connectivity index (χ4n) is 2.15. The van der Waals surface area contributed by atoms with Crippen LogP contribution in [-0.4, -0.2) is 61.6 Å². The summed E-state index contributed by atoms with van der Waals surface area (Å²) in [4.78, 5) is 13.2. The summed E-state index contributed by atoms with van der Waals surface area (Å²) in [5.41, 5.74) is 3.65. The van der Waals surface area contributed by atoms with Crippen molar-refractivity contribution in [3.63, 3.8) is 0 Å². The zero-order valence-corrected chi connectivity index (χ0v) is 14.5. The van der Waals surface area contributed by atoms with Crippen LogP contribution in [0.5, 0.6) is 5.75 Å². The lowest BCUT2D eigenvalue weighted by atomic mass is 10.2. The van der Waals surface area contributed by atoms with Gasteiger partial charge in [-0.15, -0.1) is 0 Å². The Morgan fingerprint density at radius 1 is 1.38 bits per heavy atom. The molecule has 1 aliphatic heterocycles. The molecule has 2 rings (SSSR count). The fraction of sp³-hybridized carbons (Fsp3) is 0.438. The molecule has 1 fully saturated rings. The fourth-order valence-corrected chi connectivity index (χ4v) is 2.30. The maximum absolute atomic E-state index is 10.8. The maximum atomic E-state index is 10.8. The highest BCUT2D eigenvalue weighted by Crippen LogP contribution is 2.11. The van der Waals surface area contributed by atoms with Crippen molar-refractivity contribution in [3.05, 3.63) is 29.8 Å². The van der Waals surface area contributed by atoms with Crippen LogP contribution in [0.1, 0.15) is 12.5 Å². The molecule has 0 atom stereocenters. The number of thiocarbonyl (C=S) groups is 1. The van der Waals surface area contributed by atoms with E-state index in [2.05, 4.69) is 20.7 Å². The van der Waals surface area contributed by atoms with Gasteiger partial charge in [0.1, 0.15) is 5.75 Å². The Kier molecular flexibility index (Phi) is 7.60. The zero-order chi connectivity index (χ0) is 17.2. The highest BCUT2D eigenvalue weighted by Gasteiger charge is 2.09. The Bertz CT molecular complexity index is 571. The van der Waals surface area contributed by atoms with Crippen LogP contribution in [0.2, 0.25) is 0 Å². The molecule has 0 aliphatic carbocycles. The lowest BCUT2D eigenvalue weighted by molar-refractivity contribution is -0.131. The Labute approximate surface area is 147 Å². The Hall–Kier alpha value is -2.03. The van der Waals surface area contributed by atoms with E-state index in [4.69, 9.17) is 21.7 Å². The molecule has 1 saturated heterocycles. The number of morpholine rings is 1. The van der Waals surface area contributed by atoms with Crippen molar-refractivity contribution >= 4 is 29.5 Å². The standard InChI is InChI=1S/C16H22N4O3S/c1-13(21)23-15-4-2-14(3-5-15)12-18-19-16(24)17-6-7-20-8-10-22-11-9-20/h2-5,12H,6-11H2,1H3,(H2,17,19,24)/b18-12+. The third kappa shape index (κ3) is 7.03. The molecule has 8 heteroatoms. The number of esters is 1. The summed E-state index contributed by atoms with van der Waals surface area (Å²) in [5.74, 6) is 0.166. The van der Waals surface area contributed by atoms with E-state index in [1.54, 1.807) is 30.5 Å². The molecule has 7 nitrogen and oxygen atoms in total. The predicted molar refractivity (Wildman–Crippen MR) is 96.3 cm³/mol. The molecule has 0 radical (unpaired) electrons. The van der Waals surface area contributed by atoms with Gasteiger partial charge in [0.05, 0.1) is 19.4 Å². The van der Waals surface area contributed by atoms with Gasteiger partial charge in [-0.2, -0.15) is 5.10 Å². The quantitative estimate of drug-likeness (QED) is 0.258. The number of hydrogen-bond acceptors (Lipinski definition) is 6. The van der Waals surface area contributed by atoms with Crippen LogP contribution in [0.3, 0.4) is 0 Å². The van der Waals surface area contributed by atoms with E-state index in [1.807, 2.05) is 0 Å². The molecule has 0 aromatic heterocycles. The number of hydrogen-bond donors (Lipinski definition) is 2. The first-order chi connectivity index (χ1) is 11.6. The van der Waals surface area contributed by atoms with Crippen LogP contribution in [-0.2, 0) is 9.53 Å². The van der Waals surface area contributed by atoms with Gasteiger partial charge in [-0.05, 0) is 42.0 Å². The molecular weight excluding hydrogens is 328 g/mol. The highest BCUT2D eigenvalue weighted by atomic mass is 32.1. The zero-order valence-electron chi connectivity index (χ0n) is 13.7. The van der Waals surface area contributed by atoms with Gasteiger partial charge in [0, 0.05) is 33.1 Å². The molecule has 1 heterocycles. The third-order valence-electron chi connectivity index (χ3n) is 3.34. The first-order valence-corrected chi connectivity index (χ1v) is 8.20. The van der Waals surface area contributed by atoms with Crippen molar-refractivity contribution in [2.24, 2.45) is 5.10 Å². The number of carbonyl (C=O) groups is 1. The van der Waals surface area contributed by atoms with Gasteiger partial charge < -0.3 is 14.8 Å². The SMILES string of the molecule is CC(=O)Oc1ccc(/C=N/NC(=S)NCCN2CCOCC2)cc1. The number of hydrazone groups is 1. The molecule has 0 saturated carbocycles. The number of nitrogens with one attached hydrogen (secondary N) is 2. The van der Waals surface area contributed by atoms with Gasteiger partial charge in [0.15, 0.2) is 5.11 Å². The summed E-state index contributed by atoms with van der Waals surface area (Å²) in [6.07, 6.45) is 1.65. The molecule has 0 amide bonds. The Morgan fingerprint density at radius 2 is 2.08 bits per heavy atom. The number of rotatable bonds is 6. The van der Waals surface area contributed by atoms with Gasteiger partial charge in [-0.3, -0.25) is 15.1 Å². The van der Waals surface area contributed by atoms with Gasteiger partial charge >= 0.3 is 5.97 Å². The van der Waals surface area contributed by atoms with Gasteiger partial charge in [-0.25, -0.2) is 0 Å². The van der Waals surface area contributed by atoms with E-state index in [0.717, 1.165) is 45.0 Å². The second-order valence-electron chi connectivity index (χ2n) is 5.24. The molecule has 2 N–H and O–H groups in total. The van der Waals surface area contributed by atoms with Crippen LogP contribution >= 0.6 is 12.2 Å². The van der Waals surface area contributed by atoms with Crippen molar-refractivity contribution in [3.8, 4) is 5.75 Å². The summed E-state index contributed by atoms with van der Waals surface area (Å²) in [5, 5.41) is 7.67. The first kappa shape index (κ1) is 18.3. The number of carbonyl (C=O) groups excluding carboxylic acids is 1. The van der Waals surface area contributed by atoms with E-state index in [0.29, 0.717) is 10.9 Å². The Morgan fingerprint density at radius 3 is 2.75 bits per heavy atom. The minimum atomic E-state index is -0.341. The molecule has 24 heavy (non-hydrogen) atoms. The molecule has 0 bridgehead atoms. The largest absolute Gasteiger partial charge is 0.427 e. The Balaban J connectivity index is 1.65. The molecule has 1 aliphatic rings. The van der Waals surface area contributed by atoms with Gasteiger partial charge in [0.2, 0.25) is 0 Å².